The van der Waals surface area contributed by atoms with Gasteiger partial charge >= 0.3 is 0 Å². The molecule has 0 spiro atoms. The van der Waals surface area contributed by atoms with Gasteiger partial charge in [-0.2, -0.15) is 0 Å². The maximum Gasteiger partial charge on any atom is 0.119 e. The minimum Gasteiger partial charge on any atom is -0.491 e. The number of aliphatic hydroxyl groups is 1. The van der Waals surface area contributed by atoms with Crippen LogP contribution in [0, 0.1) is 0 Å². The highest BCUT2D eigenvalue weighted by molar-refractivity contribution is 5.46. The largest absolute Gasteiger partial charge is 0.491 e. The van der Waals surface area contributed by atoms with Crippen LogP contribution in [-0.2, 0) is 0 Å². The van der Waals surface area contributed by atoms with Gasteiger partial charge in [-0.1, -0.05) is 19.3 Å². The highest BCUT2D eigenvalue weighted by Gasteiger charge is 2.28. The molecular formula is C16H25NO2. The van der Waals surface area contributed by atoms with Crippen LogP contribution in [0.4, 0.5) is 5.69 Å². The molecule has 3 heteroatoms. The predicted octanol–water partition coefficient (Wildman–Crippen LogP) is 3.58. The molecule has 1 aliphatic carbocycles. The number of hydrogen-bond acceptors (Lipinski definition) is 3. The van der Waals surface area contributed by atoms with Crippen LogP contribution in [0.15, 0.2) is 24.3 Å². The lowest BCUT2D eigenvalue weighted by Gasteiger charge is -2.32. The van der Waals surface area contributed by atoms with E-state index in [0.29, 0.717) is 6.54 Å². The second kappa shape index (κ2) is 6.29. The summed E-state index contributed by atoms with van der Waals surface area (Å²) < 4.78 is 5.61. The van der Waals surface area contributed by atoms with Crippen molar-refractivity contribution in [2.75, 3.05) is 11.9 Å². The zero-order chi connectivity index (χ0) is 13.7. The molecule has 2 rings (SSSR count). The van der Waals surface area contributed by atoms with E-state index in [0.717, 1.165) is 37.1 Å². The van der Waals surface area contributed by atoms with Crippen molar-refractivity contribution in [2.24, 2.45) is 0 Å². The first-order chi connectivity index (χ1) is 9.07. The van der Waals surface area contributed by atoms with Crippen LogP contribution < -0.4 is 10.1 Å². The summed E-state index contributed by atoms with van der Waals surface area (Å²) in [7, 11) is 0. The molecule has 1 saturated carbocycles. The highest BCUT2D eigenvalue weighted by atomic mass is 16.5. The first-order valence-electron chi connectivity index (χ1n) is 7.30. The van der Waals surface area contributed by atoms with Crippen molar-refractivity contribution >= 4 is 5.69 Å². The summed E-state index contributed by atoms with van der Waals surface area (Å²) in [5.41, 5.74) is 0.515. The Labute approximate surface area is 116 Å². The van der Waals surface area contributed by atoms with Gasteiger partial charge in [0, 0.05) is 12.2 Å². The van der Waals surface area contributed by atoms with E-state index in [1.54, 1.807) is 0 Å². The SMILES string of the molecule is CC(C)Oc1ccc(NCC2(O)CCCCC2)cc1. The summed E-state index contributed by atoms with van der Waals surface area (Å²) in [4.78, 5) is 0. The van der Waals surface area contributed by atoms with Crippen molar-refractivity contribution in [3.8, 4) is 5.75 Å². The van der Waals surface area contributed by atoms with Gasteiger partial charge in [0.25, 0.3) is 0 Å². The van der Waals surface area contributed by atoms with Gasteiger partial charge < -0.3 is 15.2 Å². The van der Waals surface area contributed by atoms with E-state index in [1.807, 2.05) is 38.1 Å². The minimum atomic E-state index is -0.522. The van der Waals surface area contributed by atoms with Crippen molar-refractivity contribution in [1.82, 2.24) is 0 Å². The van der Waals surface area contributed by atoms with E-state index < -0.39 is 5.60 Å². The number of benzene rings is 1. The van der Waals surface area contributed by atoms with E-state index in [-0.39, 0.29) is 6.10 Å². The molecule has 0 bridgehead atoms. The summed E-state index contributed by atoms with van der Waals surface area (Å²) in [5.74, 6) is 0.886. The van der Waals surface area contributed by atoms with Gasteiger partial charge in [-0.15, -0.1) is 0 Å². The van der Waals surface area contributed by atoms with E-state index in [1.165, 1.54) is 6.42 Å². The molecule has 0 aliphatic heterocycles. The van der Waals surface area contributed by atoms with Crippen LogP contribution in [0.1, 0.15) is 46.0 Å². The third-order valence-electron chi connectivity index (χ3n) is 3.63. The fourth-order valence-electron chi connectivity index (χ4n) is 2.58. The number of rotatable bonds is 5. The van der Waals surface area contributed by atoms with E-state index in [2.05, 4.69) is 5.32 Å². The highest BCUT2D eigenvalue weighted by Crippen LogP contribution is 2.28. The summed E-state index contributed by atoms with van der Waals surface area (Å²) in [6, 6.07) is 7.94. The molecule has 1 aromatic rings. The number of nitrogens with one attached hydrogen (secondary N) is 1. The summed E-state index contributed by atoms with van der Waals surface area (Å²) in [6.07, 6.45) is 5.55. The molecular weight excluding hydrogens is 238 g/mol. The van der Waals surface area contributed by atoms with Gasteiger partial charge in [-0.3, -0.25) is 0 Å². The summed E-state index contributed by atoms with van der Waals surface area (Å²) in [6.45, 7) is 4.67. The normalized spacial score (nSPS) is 18.3. The van der Waals surface area contributed by atoms with Crippen molar-refractivity contribution in [2.45, 2.75) is 57.7 Å². The molecule has 0 saturated heterocycles. The van der Waals surface area contributed by atoms with Crippen molar-refractivity contribution in [3.63, 3.8) is 0 Å². The number of ether oxygens (including phenoxy) is 1. The Morgan fingerprint density at radius 2 is 1.79 bits per heavy atom. The fourth-order valence-corrected chi connectivity index (χ4v) is 2.58. The standard InChI is InChI=1S/C16H25NO2/c1-13(2)19-15-8-6-14(7-9-15)17-12-16(18)10-4-3-5-11-16/h6-9,13,17-18H,3-5,10-12H2,1-2H3. The average molecular weight is 263 g/mol. The molecule has 1 aromatic carbocycles. The van der Waals surface area contributed by atoms with Crippen LogP contribution in [0.3, 0.4) is 0 Å². The third kappa shape index (κ3) is 4.43. The van der Waals surface area contributed by atoms with E-state index >= 15 is 0 Å². The summed E-state index contributed by atoms with van der Waals surface area (Å²) >= 11 is 0. The molecule has 19 heavy (non-hydrogen) atoms. The van der Waals surface area contributed by atoms with E-state index in [9.17, 15) is 5.11 Å². The Balaban J connectivity index is 1.85. The van der Waals surface area contributed by atoms with Gasteiger partial charge in [-0.25, -0.2) is 0 Å². The van der Waals surface area contributed by atoms with Crippen LogP contribution in [0.25, 0.3) is 0 Å². The predicted molar refractivity (Wildman–Crippen MR) is 78.7 cm³/mol. The summed E-state index contributed by atoms with van der Waals surface area (Å²) in [5, 5.41) is 13.7. The number of hydrogen-bond donors (Lipinski definition) is 2. The molecule has 1 aliphatic rings. The van der Waals surface area contributed by atoms with E-state index in [4.69, 9.17) is 4.74 Å². The molecule has 0 unspecified atom stereocenters. The zero-order valence-electron chi connectivity index (χ0n) is 12.0. The van der Waals surface area contributed by atoms with Gasteiger partial charge in [0.05, 0.1) is 11.7 Å². The van der Waals surface area contributed by atoms with Crippen molar-refractivity contribution in [1.29, 1.82) is 0 Å². The molecule has 3 nitrogen and oxygen atoms in total. The zero-order valence-corrected chi connectivity index (χ0v) is 12.0. The topological polar surface area (TPSA) is 41.5 Å². The van der Waals surface area contributed by atoms with Crippen LogP contribution >= 0.6 is 0 Å². The maximum absolute atomic E-state index is 10.4. The van der Waals surface area contributed by atoms with Crippen LogP contribution in [0.5, 0.6) is 5.75 Å². The molecule has 1 fully saturated rings. The second-order valence-corrected chi connectivity index (χ2v) is 5.83. The van der Waals surface area contributed by atoms with Crippen LogP contribution in [-0.4, -0.2) is 23.4 Å². The third-order valence-corrected chi connectivity index (χ3v) is 3.63. The first kappa shape index (κ1) is 14.2. The van der Waals surface area contributed by atoms with Gasteiger partial charge in [0.15, 0.2) is 0 Å². The maximum atomic E-state index is 10.4. The minimum absolute atomic E-state index is 0.196. The molecule has 106 valence electrons. The first-order valence-corrected chi connectivity index (χ1v) is 7.30. The molecule has 0 aromatic heterocycles. The lowest BCUT2D eigenvalue weighted by molar-refractivity contribution is 0.0167. The Hall–Kier alpha value is -1.22. The monoisotopic (exact) mass is 263 g/mol. The molecule has 0 amide bonds. The average Bonchev–Trinajstić information content (AvgIpc) is 2.38. The molecule has 2 N–H and O–H groups in total. The lowest BCUT2D eigenvalue weighted by Crippen LogP contribution is -2.38. The van der Waals surface area contributed by atoms with Gasteiger partial charge in [0.2, 0.25) is 0 Å². The smallest absolute Gasteiger partial charge is 0.119 e. The quantitative estimate of drug-likeness (QED) is 0.853. The van der Waals surface area contributed by atoms with Crippen molar-refractivity contribution in [3.05, 3.63) is 24.3 Å². The molecule has 0 atom stereocenters. The van der Waals surface area contributed by atoms with Gasteiger partial charge in [-0.05, 0) is 51.0 Å². The number of anilines is 1. The van der Waals surface area contributed by atoms with Crippen LogP contribution in [0.2, 0.25) is 0 Å². The Kier molecular flexibility index (Phi) is 4.70. The Morgan fingerprint density at radius 3 is 2.37 bits per heavy atom. The fraction of sp³-hybridized carbons (Fsp3) is 0.625. The molecule has 0 radical (unpaired) electrons. The second-order valence-electron chi connectivity index (χ2n) is 5.83. The lowest BCUT2D eigenvalue weighted by atomic mass is 9.85. The van der Waals surface area contributed by atoms with Crippen molar-refractivity contribution < 1.29 is 9.84 Å². The molecule has 0 heterocycles. The Bertz CT molecular complexity index is 380. The van der Waals surface area contributed by atoms with Gasteiger partial charge in [0.1, 0.15) is 5.75 Å². The Morgan fingerprint density at radius 1 is 1.16 bits per heavy atom.